The summed E-state index contributed by atoms with van der Waals surface area (Å²) in [5.41, 5.74) is 6.82. The van der Waals surface area contributed by atoms with E-state index in [2.05, 4.69) is 57.0 Å². The molecule has 11 heteroatoms. The molecule has 2 unspecified atom stereocenters. The number of hydrogen-bond acceptors (Lipinski definition) is 7. The van der Waals surface area contributed by atoms with Crippen molar-refractivity contribution in [1.29, 1.82) is 0 Å². The third kappa shape index (κ3) is 6.53. The normalized spacial score (nSPS) is 13.9. The van der Waals surface area contributed by atoms with E-state index in [1.807, 2.05) is 60.5 Å². The first-order valence-corrected chi connectivity index (χ1v) is 15.7. The first-order valence-electron chi connectivity index (χ1n) is 15.7. The number of aryl methyl sites for hydroxylation is 1. The number of benzene rings is 3. The average Bonchev–Trinajstić information content (AvgIpc) is 3.80. The zero-order valence-corrected chi connectivity index (χ0v) is 26.3. The highest BCUT2D eigenvalue weighted by molar-refractivity contribution is 5.96. The summed E-state index contributed by atoms with van der Waals surface area (Å²) < 4.78 is 7.73. The maximum Gasteiger partial charge on any atom is 0.252 e. The molecular weight excluding hydrogens is 580 g/mol. The van der Waals surface area contributed by atoms with Crippen LogP contribution in [-0.4, -0.2) is 55.4 Å². The van der Waals surface area contributed by atoms with Gasteiger partial charge in [0.15, 0.2) is 5.82 Å². The first-order chi connectivity index (χ1) is 22.4. The number of hydrogen-bond donors (Lipinski definition) is 2. The highest BCUT2D eigenvalue weighted by Gasteiger charge is 2.29. The Hall–Kier alpha value is -5.32. The third-order valence-electron chi connectivity index (χ3n) is 8.65. The van der Waals surface area contributed by atoms with Crippen LogP contribution in [-0.2, 0) is 11.2 Å². The highest BCUT2D eigenvalue weighted by atomic mass is 16.5. The van der Waals surface area contributed by atoms with Crippen LogP contribution in [0.1, 0.15) is 71.1 Å². The summed E-state index contributed by atoms with van der Waals surface area (Å²) in [4.78, 5) is 28.5. The Bertz CT molecular complexity index is 1800. The molecule has 0 saturated carbocycles. The number of rotatable bonds is 11. The molecule has 0 spiro atoms. The number of fused-ring (bicyclic) bond motifs is 1. The van der Waals surface area contributed by atoms with E-state index in [1.54, 1.807) is 23.0 Å². The van der Waals surface area contributed by atoms with Gasteiger partial charge in [0.25, 0.3) is 5.91 Å². The summed E-state index contributed by atoms with van der Waals surface area (Å²) >= 11 is 0. The quantitative estimate of drug-likeness (QED) is 0.186. The summed E-state index contributed by atoms with van der Waals surface area (Å²) in [6, 6.07) is 21.1. The van der Waals surface area contributed by atoms with Crippen molar-refractivity contribution < 1.29 is 14.3 Å². The molecule has 2 N–H and O–H groups in total. The smallest absolute Gasteiger partial charge is 0.252 e. The largest absolute Gasteiger partial charge is 0.493 e. The lowest BCUT2D eigenvalue weighted by molar-refractivity contribution is -0.118. The molecule has 3 aromatic carbocycles. The number of anilines is 1. The maximum atomic E-state index is 13.4. The van der Waals surface area contributed by atoms with E-state index in [1.165, 1.54) is 5.56 Å². The van der Waals surface area contributed by atoms with Gasteiger partial charge in [0.1, 0.15) is 11.9 Å². The SMILES string of the molecule is Cc1cccc(OCCCC(=O)N2CCCc3c(-c4cnn(C(NC(=O)c5ccccc5)C(C)c5nn[nH]n5)c4)cccc32)c1C. The van der Waals surface area contributed by atoms with Gasteiger partial charge in [-0.2, -0.15) is 10.3 Å². The monoisotopic (exact) mass is 618 g/mol. The number of tetrazole rings is 1. The van der Waals surface area contributed by atoms with Gasteiger partial charge in [-0.25, -0.2) is 4.68 Å². The molecule has 0 saturated heterocycles. The predicted octanol–water partition coefficient (Wildman–Crippen LogP) is 5.55. The van der Waals surface area contributed by atoms with Crippen molar-refractivity contribution in [2.75, 3.05) is 18.1 Å². The van der Waals surface area contributed by atoms with Crippen LogP contribution < -0.4 is 15.0 Å². The minimum Gasteiger partial charge on any atom is -0.493 e. The zero-order chi connectivity index (χ0) is 32.0. The Morgan fingerprint density at radius 2 is 1.87 bits per heavy atom. The molecule has 0 radical (unpaired) electrons. The predicted molar refractivity (Wildman–Crippen MR) is 175 cm³/mol. The summed E-state index contributed by atoms with van der Waals surface area (Å²) in [5.74, 6) is 0.853. The number of H-pyrrole nitrogens is 1. The van der Waals surface area contributed by atoms with Gasteiger partial charge in [-0.1, -0.05) is 54.6 Å². The summed E-state index contributed by atoms with van der Waals surface area (Å²) in [6.45, 7) is 7.21. The van der Waals surface area contributed by atoms with Gasteiger partial charge < -0.3 is 15.0 Å². The number of aromatic amines is 1. The number of nitrogens with zero attached hydrogens (tertiary/aromatic N) is 6. The van der Waals surface area contributed by atoms with Crippen molar-refractivity contribution in [3.63, 3.8) is 0 Å². The Kier molecular flexibility index (Phi) is 9.18. The Labute approximate surface area is 268 Å². The number of aromatic nitrogens is 6. The van der Waals surface area contributed by atoms with Crippen molar-refractivity contribution in [3.8, 4) is 16.9 Å². The van der Waals surface area contributed by atoms with E-state index in [0.717, 1.165) is 46.5 Å². The molecule has 236 valence electrons. The molecule has 0 bridgehead atoms. The van der Waals surface area contributed by atoms with Crippen molar-refractivity contribution in [2.45, 2.75) is 58.5 Å². The second-order valence-electron chi connectivity index (χ2n) is 11.7. The average molecular weight is 619 g/mol. The molecule has 3 heterocycles. The zero-order valence-electron chi connectivity index (χ0n) is 26.3. The lowest BCUT2D eigenvalue weighted by Gasteiger charge is -2.31. The molecular formula is C35H38N8O3. The van der Waals surface area contributed by atoms with Crippen molar-refractivity contribution in [3.05, 3.63) is 107 Å². The van der Waals surface area contributed by atoms with E-state index in [9.17, 15) is 9.59 Å². The molecule has 0 fully saturated rings. The van der Waals surface area contributed by atoms with Gasteiger partial charge >= 0.3 is 0 Å². The van der Waals surface area contributed by atoms with E-state index in [4.69, 9.17) is 4.74 Å². The molecule has 46 heavy (non-hydrogen) atoms. The maximum absolute atomic E-state index is 13.4. The van der Waals surface area contributed by atoms with Crippen molar-refractivity contribution in [1.82, 2.24) is 35.7 Å². The van der Waals surface area contributed by atoms with Crippen molar-refractivity contribution >= 4 is 17.5 Å². The van der Waals surface area contributed by atoms with Crippen LogP contribution in [0.15, 0.2) is 79.1 Å². The van der Waals surface area contributed by atoms with Gasteiger partial charge in [-0.15, -0.1) is 10.2 Å². The van der Waals surface area contributed by atoms with E-state index in [-0.39, 0.29) is 17.7 Å². The number of ether oxygens (including phenoxy) is 1. The van der Waals surface area contributed by atoms with Crippen LogP contribution in [0.2, 0.25) is 0 Å². The molecule has 11 nitrogen and oxygen atoms in total. The minimum absolute atomic E-state index is 0.0935. The fourth-order valence-electron chi connectivity index (χ4n) is 5.94. The highest BCUT2D eigenvalue weighted by Crippen LogP contribution is 2.36. The molecule has 1 aliphatic rings. The minimum atomic E-state index is -0.581. The molecule has 0 aliphatic carbocycles. The molecule has 1 aliphatic heterocycles. The molecule has 2 aromatic heterocycles. The van der Waals surface area contributed by atoms with E-state index >= 15 is 0 Å². The Balaban J connectivity index is 1.19. The van der Waals surface area contributed by atoms with Gasteiger partial charge in [0.2, 0.25) is 5.91 Å². The number of carbonyl (C=O) groups is 2. The summed E-state index contributed by atoms with van der Waals surface area (Å²) in [6.07, 6.45) is 5.90. The lowest BCUT2D eigenvalue weighted by Crippen LogP contribution is -2.36. The molecule has 6 rings (SSSR count). The lowest BCUT2D eigenvalue weighted by atomic mass is 9.93. The fourth-order valence-corrected chi connectivity index (χ4v) is 5.94. The van der Waals surface area contributed by atoms with Crippen molar-refractivity contribution in [2.24, 2.45) is 0 Å². The second kappa shape index (κ2) is 13.8. The number of amides is 2. The van der Waals surface area contributed by atoms with E-state index < -0.39 is 6.17 Å². The Morgan fingerprint density at radius 3 is 2.67 bits per heavy atom. The van der Waals surface area contributed by atoms with Crippen LogP contribution in [0.3, 0.4) is 0 Å². The van der Waals surface area contributed by atoms with Crippen LogP contribution in [0.4, 0.5) is 5.69 Å². The summed E-state index contributed by atoms with van der Waals surface area (Å²) in [5, 5.41) is 22.3. The topological polar surface area (TPSA) is 131 Å². The van der Waals surface area contributed by atoms with Crippen LogP contribution in [0.25, 0.3) is 11.1 Å². The van der Waals surface area contributed by atoms with Gasteiger partial charge in [-0.3, -0.25) is 9.59 Å². The van der Waals surface area contributed by atoms with Crippen LogP contribution >= 0.6 is 0 Å². The Morgan fingerprint density at radius 1 is 1.04 bits per heavy atom. The van der Waals surface area contributed by atoms with Crippen LogP contribution in [0.5, 0.6) is 5.75 Å². The molecule has 5 aromatic rings. The summed E-state index contributed by atoms with van der Waals surface area (Å²) in [7, 11) is 0. The van der Waals surface area contributed by atoms with Gasteiger partial charge in [-0.05, 0) is 79.6 Å². The molecule has 2 amide bonds. The molecule has 2 atom stereocenters. The number of nitrogens with one attached hydrogen (secondary N) is 2. The standard InChI is InChI=1S/C35H38N8O3/c1-23-11-7-17-31(24(23)2)46-20-10-18-32(44)42-19-9-15-29-28(14-8-16-30(29)42)27-21-36-43(22-27)34(25(3)33-38-40-41-39-33)37-35(45)26-12-5-4-6-13-26/h4-8,11-14,16-17,21-22,25,34H,9-10,15,18-20H2,1-3H3,(H,37,45)(H,38,39,40,41). The van der Waals surface area contributed by atoms with Crippen LogP contribution in [0, 0.1) is 13.8 Å². The second-order valence-corrected chi connectivity index (χ2v) is 11.7. The number of carbonyl (C=O) groups excluding carboxylic acids is 2. The fraction of sp³-hybridized carbons (Fsp3) is 0.314. The van der Waals surface area contributed by atoms with Gasteiger partial charge in [0, 0.05) is 36.0 Å². The first kappa shape index (κ1) is 30.7. The van der Waals surface area contributed by atoms with E-state index in [0.29, 0.717) is 37.4 Å². The van der Waals surface area contributed by atoms with Gasteiger partial charge in [0.05, 0.1) is 18.7 Å². The third-order valence-corrected chi connectivity index (χ3v) is 8.65.